The number of rotatable bonds is 6. The van der Waals surface area contributed by atoms with Crippen LogP contribution < -0.4 is 9.63 Å². The highest BCUT2D eigenvalue weighted by Crippen LogP contribution is 2.21. The molecular weight excluding hydrogens is 268 g/mol. The molecule has 0 spiro atoms. The molecule has 0 saturated carbocycles. The molecule has 6 heteroatoms. The van der Waals surface area contributed by atoms with E-state index in [1.165, 1.54) is 12.4 Å². The molecule has 0 aliphatic carbocycles. The molecular formula is C15H18N4O2. The predicted molar refractivity (Wildman–Crippen MR) is 81.0 cm³/mol. The molecule has 110 valence electrons. The Bertz CT molecular complexity index is 599. The lowest BCUT2D eigenvalue weighted by Crippen LogP contribution is -2.25. The van der Waals surface area contributed by atoms with Crippen LogP contribution >= 0.6 is 0 Å². The summed E-state index contributed by atoms with van der Waals surface area (Å²) in [7, 11) is 0. The third-order valence-corrected chi connectivity index (χ3v) is 3.01. The fourth-order valence-corrected chi connectivity index (χ4v) is 1.94. The van der Waals surface area contributed by atoms with Crippen molar-refractivity contribution in [2.75, 3.05) is 24.6 Å². The molecule has 0 bridgehead atoms. The second-order valence-electron chi connectivity index (χ2n) is 4.44. The highest BCUT2D eigenvalue weighted by atomic mass is 16.5. The number of pyridine rings is 1. The van der Waals surface area contributed by atoms with Crippen molar-refractivity contribution in [3.8, 4) is 0 Å². The number of azo groups is 1. The van der Waals surface area contributed by atoms with Gasteiger partial charge in [-0.25, -0.2) is 0 Å². The number of nitrogens with zero attached hydrogens (tertiary/aromatic N) is 4. The van der Waals surface area contributed by atoms with Gasteiger partial charge in [-0.2, -0.15) is 9.84 Å². The third kappa shape index (κ3) is 4.25. The van der Waals surface area contributed by atoms with Crippen LogP contribution in [0.5, 0.6) is 0 Å². The molecule has 0 radical (unpaired) electrons. The second-order valence-corrected chi connectivity index (χ2v) is 4.44. The first-order valence-electron chi connectivity index (χ1n) is 6.79. The van der Waals surface area contributed by atoms with E-state index in [0.29, 0.717) is 22.6 Å². The summed E-state index contributed by atoms with van der Waals surface area (Å²) in [6.07, 6.45) is 2.76. The van der Waals surface area contributed by atoms with Gasteiger partial charge in [-0.15, -0.1) is 5.11 Å². The minimum absolute atomic E-state index is 0.124. The first-order chi connectivity index (χ1) is 10.2. The molecule has 0 aliphatic rings. The average Bonchev–Trinajstić information content (AvgIpc) is 2.51. The Morgan fingerprint density at radius 3 is 2.48 bits per heavy atom. The molecule has 0 aliphatic heterocycles. The summed E-state index contributed by atoms with van der Waals surface area (Å²) in [5.74, 6) is 0. The zero-order valence-corrected chi connectivity index (χ0v) is 11.9. The van der Waals surface area contributed by atoms with Gasteiger partial charge in [-0.1, -0.05) is 0 Å². The van der Waals surface area contributed by atoms with Crippen molar-refractivity contribution in [1.29, 1.82) is 0 Å². The van der Waals surface area contributed by atoms with E-state index in [0.717, 1.165) is 12.2 Å². The topological polar surface area (TPSA) is 75.1 Å². The Morgan fingerprint density at radius 1 is 1.14 bits per heavy atom. The molecule has 1 N–H and O–H groups in total. The molecule has 2 rings (SSSR count). The summed E-state index contributed by atoms with van der Waals surface area (Å²) in [6.45, 7) is 3.59. The molecule has 0 saturated heterocycles. The van der Waals surface area contributed by atoms with E-state index in [4.69, 9.17) is 5.11 Å². The van der Waals surface area contributed by atoms with E-state index in [1.54, 1.807) is 12.1 Å². The minimum atomic E-state index is 0.124. The Kier molecular flexibility index (Phi) is 5.22. The highest BCUT2D eigenvalue weighted by molar-refractivity contribution is 5.52. The number of anilines is 1. The lowest BCUT2D eigenvalue weighted by atomic mass is 10.2. The standard InChI is InChI=1S/C15H18N4O2/c1-2-18(10-11-20)15-7-5-13(6-8-15)16-17-14-4-3-9-19(21)12-14/h3-9,12,20H,2,10-11H2,1H3. The molecule has 21 heavy (non-hydrogen) atoms. The normalized spacial score (nSPS) is 11.0. The van der Waals surface area contributed by atoms with Crippen molar-refractivity contribution >= 4 is 17.1 Å². The number of aromatic nitrogens is 1. The average molecular weight is 286 g/mol. The Balaban J connectivity index is 2.08. The smallest absolute Gasteiger partial charge is 0.207 e. The largest absolute Gasteiger partial charge is 0.619 e. The van der Waals surface area contributed by atoms with Gasteiger partial charge in [0.15, 0.2) is 11.9 Å². The summed E-state index contributed by atoms with van der Waals surface area (Å²) < 4.78 is 0.686. The maximum atomic E-state index is 11.1. The van der Waals surface area contributed by atoms with Crippen LogP contribution in [0.1, 0.15) is 6.92 Å². The molecule has 1 heterocycles. The van der Waals surface area contributed by atoms with E-state index < -0.39 is 0 Å². The van der Waals surface area contributed by atoms with Crippen LogP contribution in [0.2, 0.25) is 0 Å². The van der Waals surface area contributed by atoms with Crippen molar-refractivity contribution in [3.63, 3.8) is 0 Å². The lowest BCUT2D eigenvalue weighted by molar-refractivity contribution is -0.604. The van der Waals surface area contributed by atoms with Crippen LogP contribution in [0.25, 0.3) is 0 Å². The zero-order chi connectivity index (χ0) is 15.1. The van der Waals surface area contributed by atoms with Gasteiger partial charge in [0.25, 0.3) is 0 Å². The summed E-state index contributed by atoms with van der Waals surface area (Å²) in [4.78, 5) is 2.07. The number of hydrogen-bond acceptors (Lipinski definition) is 5. The van der Waals surface area contributed by atoms with Gasteiger partial charge in [0.1, 0.15) is 0 Å². The molecule has 1 aromatic heterocycles. The zero-order valence-electron chi connectivity index (χ0n) is 11.9. The molecule has 1 aromatic carbocycles. The Labute approximate surface area is 123 Å². The number of aliphatic hydroxyl groups is 1. The molecule has 2 aromatic rings. The van der Waals surface area contributed by atoms with Gasteiger partial charge < -0.3 is 15.2 Å². The van der Waals surface area contributed by atoms with Crippen molar-refractivity contribution in [2.24, 2.45) is 10.2 Å². The van der Waals surface area contributed by atoms with E-state index in [1.807, 2.05) is 31.2 Å². The van der Waals surface area contributed by atoms with Crippen molar-refractivity contribution in [3.05, 3.63) is 54.0 Å². The fraction of sp³-hybridized carbons (Fsp3) is 0.267. The van der Waals surface area contributed by atoms with Gasteiger partial charge in [0.2, 0.25) is 6.20 Å². The molecule has 6 nitrogen and oxygen atoms in total. The maximum Gasteiger partial charge on any atom is 0.207 e. The Hall–Kier alpha value is -2.47. The summed E-state index contributed by atoms with van der Waals surface area (Å²) in [5, 5.41) is 28.2. The summed E-state index contributed by atoms with van der Waals surface area (Å²) in [6, 6.07) is 10.9. The molecule has 0 atom stereocenters. The van der Waals surface area contributed by atoms with Crippen LogP contribution in [0, 0.1) is 5.21 Å². The second kappa shape index (κ2) is 7.35. The lowest BCUT2D eigenvalue weighted by Gasteiger charge is -2.21. The van der Waals surface area contributed by atoms with Gasteiger partial charge in [-0.05, 0) is 37.3 Å². The number of likely N-dealkylation sites (N-methyl/N-ethyl adjacent to an activating group) is 1. The maximum absolute atomic E-state index is 11.1. The van der Waals surface area contributed by atoms with Crippen molar-refractivity contribution in [1.82, 2.24) is 0 Å². The number of benzene rings is 1. The SMILES string of the molecule is CCN(CCO)c1ccc(N=Nc2ccc[n+]([O-])c2)cc1. The van der Waals surface area contributed by atoms with Crippen LogP contribution in [0.4, 0.5) is 17.1 Å². The highest BCUT2D eigenvalue weighted by Gasteiger charge is 2.03. The van der Waals surface area contributed by atoms with Gasteiger partial charge in [0.05, 0.1) is 12.3 Å². The molecule has 0 amide bonds. The van der Waals surface area contributed by atoms with Crippen molar-refractivity contribution < 1.29 is 9.84 Å². The van der Waals surface area contributed by atoms with Gasteiger partial charge in [-0.3, -0.25) is 0 Å². The monoisotopic (exact) mass is 286 g/mol. The van der Waals surface area contributed by atoms with Crippen LogP contribution in [0.3, 0.4) is 0 Å². The quantitative estimate of drug-likeness (QED) is 0.504. The first kappa shape index (κ1) is 14.9. The van der Waals surface area contributed by atoms with Crippen molar-refractivity contribution in [2.45, 2.75) is 6.92 Å². The summed E-state index contributed by atoms with van der Waals surface area (Å²) in [5.41, 5.74) is 2.25. The number of aliphatic hydroxyl groups excluding tert-OH is 1. The summed E-state index contributed by atoms with van der Waals surface area (Å²) >= 11 is 0. The fourth-order valence-electron chi connectivity index (χ4n) is 1.94. The van der Waals surface area contributed by atoms with E-state index >= 15 is 0 Å². The van der Waals surface area contributed by atoms with E-state index in [9.17, 15) is 5.21 Å². The van der Waals surface area contributed by atoms with Gasteiger partial charge >= 0.3 is 0 Å². The predicted octanol–water partition coefficient (Wildman–Crippen LogP) is 2.55. The number of hydrogen-bond donors (Lipinski definition) is 1. The molecule has 0 unspecified atom stereocenters. The van der Waals surface area contributed by atoms with E-state index in [2.05, 4.69) is 15.1 Å². The van der Waals surface area contributed by atoms with Crippen LogP contribution in [0.15, 0.2) is 59.0 Å². The molecule has 0 fully saturated rings. The van der Waals surface area contributed by atoms with Crippen LogP contribution in [-0.4, -0.2) is 24.8 Å². The van der Waals surface area contributed by atoms with Gasteiger partial charge in [0, 0.05) is 24.8 Å². The minimum Gasteiger partial charge on any atom is -0.619 e. The third-order valence-electron chi connectivity index (χ3n) is 3.01. The first-order valence-corrected chi connectivity index (χ1v) is 6.79. The Morgan fingerprint density at radius 2 is 1.86 bits per heavy atom. The van der Waals surface area contributed by atoms with Crippen LogP contribution in [-0.2, 0) is 0 Å². The van der Waals surface area contributed by atoms with E-state index in [-0.39, 0.29) is 6.61 Å².